The number of aromatic nitrogens is 3. The lowest BCUT2D eigenvalue weighted by atomic mass is 10.0. The zero-order chi connectivity index (χ0) is 25.6. The second-order valence-corrected chi connectivity index (χ2v) is 8.72. The predicted octanol–water partition coefficient (Wildman–Crippen LogP) is 7.88. The van der Waals surface area contributed by atoms with E-state index >= 15 is 0 Å². The van der Waals surface area contributed by atoms with Crippen LogP contribution in [-0.2, 0) is 6.18 Å². The van der Waals surface area contributed by atoms with Crippen LogP contribution in [-0.4, -0.2) is 21.8 Å². The summed E-state index contributed by atoms with van der Waals surface area (Å²) in [5, 5.41) is 5.58. The molecule has 0 saturated carbocycles. The summed E-state index contributed by atoms with van der Waals surface area (Å²) in [7, 11) is 1.38. The van der Waals surface area contributed by atoms with E-state index in [1.165, 1.54) is 36.8 Å². The molecule has 0 atom stereocenters. The maximum atomic E-state index is 14.8. The van der Waals surface area contributed by atoms with Crippen molar-refractivity contribution >= 4 is 22.9 Å². The zero-order valence-electron chi connectivity index (χ0n) is 18.1. The van der Waals surface area contributed by atoms with Gasteiger partial charge in [-0.05, 0) is 36.4 Å². The minimum absolute atomic E-state index is 0.00204. The standard InChI is InChI=1S/C24H13ClF5N3O2S/c1-34-17-11-36-23(31-17)19-20(18-15(25)6-3-7-16(18)27)32-35-21(19)14-8-9-33(22(14)24(28,29)30)13-5-2-4-12(26)10-13/h2-11H,1H3. The van der Waals surface area contributed by atoms with E-state index in [2.05, 4.69) is 10.1 Å². The van der Waals surface area contributed by atoms with E-state index in [4.69, 9.17) is 20.9 Å². The van der Waals surface area contributed by atoms with Crippen molar-refractivity contribution in [2.24, 2.45) is 0 Å². The van der Waals surface area contributed by atoms with E-state index in [9.17, 15) is 22.0 Å². The zero-order valence-corrected chi connectivity index (χ0v) is 19.7. The van der Waals surface area contributed by atoms with Gasteiger partial charge in [0.2, 0.25) is 5.88 Å². The van der Waals surface area contributed by atoms with Crippen LogP contribution >= 0.6 is 22.9 Å². The number of ether oxygens (including phenoxy) is 1. The molecule has 0 bridgehead atoms. The molecule has 0 aliphatic carbocycles. The molecule has 0 radical (unpaired) electrons. The maximum absolute atomic E-state index is 14.8. The first-order valence-corrected chi connectivity index (χ1v) is 11.4. The molecule has 0 amide bonds. The molecule has 36 heavy (non-hydrogen) atoms. The third-order valence-electron chi connectivity index (χ3n) is 5.28. The van der Waals surface area contributed by atoms with Gasteiger partial charge in [0.25, 0.3) is 0 Å². The highest BCUT2D eigenvalue weighted by Crippen LogP contribution is 2.48. The van der Waals surface area contributed by atoms with Crippen LogP contribution in [0.4, 0.5) is 22.0 Å². The topological polar surface area (TPSA) is 53.1 Å². The van der Waals surface area contributed by atoms with Gasteiger partial charge in [-0.2, -0.15) is 13.2 Å². The van der Waals surface area contributed by atoms with Gasteiger partial charge in [-0.15, -0.1) is 11.3 Å². The van der Waals surface area contributed by atoms with Gasteiger partial charge in [0.15, 0.2) is 5.76 Å². The van der Waals surface area contributed by atoms with Gasteiger partial charge in [0.1, 0.15) is 28.0 Å². The van der Waals surface area contributed by atoms with Crippen LogP contribution < -0.4 is 4.74 Å². The van der Waals surface area contributed by atoms with Crippen LogP contribution in [0.3, 0.4) is 0 Å². The Morgan fingerprint density at radius 3 is 2.50 bits per heavy atom. The monoisotopic (exact) mass is 537 g/mol. The van der Waals surface area contributed by atoms with E-state index in [-0.39, 0.29) is 44.2 Å². The Bertz CT molecular complexity index is 1550. The molecule has 0 unspecified atom stereocenters. The van der Waals surface area contributed by atoms with Gasteiger partial charge in [-0.25, -0.2) is 13.8 Å². The number of benzene rings is 2. The van der Waals surface area contributed by atoms with Crippen LogP contribution in [0.25, 0.3) is 38.8 Å². The molecular weight excluding hydrogens is 525 g/mol. The normalized spacial score (nSPS) is 11.8. The number of nitrogens with zero attached hydrogens (tertiary/aromatic N) is 3. The van der Waals surface area contributed by atoms with E-state index in [1.54, 1.807) is 0 Å². The van der Waals surface area contributed by atoms with Crippen LogP contribution in [0.5, 0.6) is 5.88 Å². The van der Waals surface area contributed by atoms with E-state index < -0.39 is 29.1 Å². The summed E-state index contributed by atoms with van der Waals surface area (Å²) in [6, 6.07) is 9.83. The number of hydrogen-bond donors (Lipinski definition) is 0. The fraction of sp³-hybridized carbons (Fsp3) is 0.0833. The summed E-state index contributed by atoms with van der Waals surface area (Å²) < 4.78 is 83.1. The first kappa shape index (κ1) is 24.0. The Morgan fingerprint density at radius 2 is 1.83 bits per heavy atom. The number of alkyl halides is 3. The van der Waals surface area contributed by atoms with Gasteiger partial charge in [-0.1, -0.05) is 28.9 Å². The van der Waals surface area contributed by atoms with Crippen molar-refractivity contribution in [3.05, 3.63) is 82.5 Å². The van der Waals surface area contributed by atoms with E-state index in [0.717, 1.165) is 46.4 Å². The van der Waals surface area contributed by atoms with Crippen molar-refractivity contribution in [2.45, 2.75) is 6.18 Å². The molecule has 0 aliphatic rings. The Kier molecular flexibility index (Phi) is 6.05. The Hall–Kier alpha value is -3.70. The Balaban J connectivity index is 1.81. The fourth-order valence-corrected chi connectivity index (χ4v) is 4.84. The van der Waals surface area contributed by atoms with Crippen molar-refractivity contribution in [3.8, 4) is 44.7 Å². The molecule has 5 aromatic rings. The summed E-state index contributed by atoms with van der Waals surface area (Å²) in [5.74, 6) is -1.58. The molecule has 2 aromatic carbocycles. The lowest BCUT2D eigenvalue weighted by molar-refractivity contribution is -0.141. The van der Waals surface area contributed by atoms with Gasteiger partial charge < -0.3 is 13.8 Å². The SMILES string of the molecule is COc1csc(-c2c(-c3c(F)cccc3Cl)noc2-c2ccn(-c3cccc(F)c3)c2C(F)(F)F)n1. The van der Waals surface area contributed by atoms with Gasteiger partial charge in [0.05, 0.1) is 34.2 Å². The fourth-order valence-electron chi connectivity index (χ4n) is 3.78. The van der Waals surface area contributed by atoms with E-state index in [0.29, 0.717) is 0 Å². The third-order valence-corrected chi connectivity index (χ3v) is 6.44. The van der Waals surface area contributed by atoms with Crippen molar-refractivity contribution in [1.82, 2.24) is 14.7 Å². The number of rotatable bonds is 5. The molecule has 184 valence electrons. The molecule has 5 rings (SSSR count). The summed E-state index contributed by atoms with van der Waals surface area (Å²) >= 11 is 7.27. The summed E-state index contributed by atoms with van der Waals surface area (Å²) in [5.41, 5.74) is -1.88. The van der Waals surface area contributed by atoms with E-state index in [1.807, 2.05) is 0 Å². The van der Waals surface area contributed by atoms with Gasteiger partial charge in [-0.3, -0.25) is 0 Å². The third kappa shape index (κ3) is 4.14. The number of thiazole rings is 1. The van der Waals surface area contributed by atoms with Gasteiger partial charge >= 0.3 is 6.18 Å². The minimum atomic E-state index is -4.88. The van der Waals surface area contributed by atoms with Crippen LogP contribution in [0.2, 0.25) is 5.02 Å². The van der Waals surface area contributed by atoms with Crippen LogP contribution in [0, 0.1) is 11.6 Å². The number of hydrogen-bond acceptors (Lipinski definition) is 5. The first-order chi connectivity index (χ1) is 17.2. The molecule has 12 heteroatoms. The highest BCUT2D eigenvalue weighted by atomic mass is 35.5. The Labute approximate surface area is 209 Å². The van der Waals surface area contributed by atoms with Crippen molar-refractivity contribution in [1.29, 1.82) is 0 Å². The van der Waals surface area contributed by atoms with Crippen molar-refractivity contribution in [3.63, 3.8) is 0 Å². The van der Waals surface area contributed by atoms with Crippen LogP contribution in [0.15, 0.2) is 64.6 Å². The average Bonchev–Trinajstić information content (AvgIpc) is 3.56. The summed E-state index contributed by atoms with van der Waals surface area (Å²) in [6.07, 6.45) is -3.75. The van der Waals surface area contributed by atoms with Crippen molar-refractivity contribution < 1.29 is 31.2 Å². The molecule has 0 aliphatic heterocycles. The van der Waals surface area contributed by atoms with Crippen molar-refractivity contribution in [2.75, 3.05) is 7.11 Å². The largest absolute Gasteiger partial charge is 0.480 e. The molecule has 0 spiro atoms. The summed E-state index contributed by atoms with van der Waals surface area (Å²) in [6.45, 7) is 0. The lowest BCUT2D eigenvalue weighted by Crippen LogP contribution is -2.13. The number of methoxy groups -OCH3 is 1. The highest BCUT2D eigenvalue weighted by molar-refractivity contribution is 7.13. The molecule has 0 N–H and O–H groups in total. The average molecular weight is 538 g/mol. The first-order valence-electron chi connectivity index (χ1n) is 10.2. The lowest BCUT2D eigenvalue weighted by Gasteiger charge is -2.14. The van der Waals surface area contributed by atoms with Gasteiger partial charge in [0, 0.05) is 11.9 Å². The maximum Gasteiger partial charge on any atom is 0.432 e. The van der Waals surface area contributed by atoms with Crippen LogP contribution in [0.1, 0.15) is 5.69 Å². The molecule has 3 heterocycles. The predicted molar refractivity (Wildman–Crippen MR) is 124 cm³/mol. The molecule has 0 saturated heterocycles. The molecule has 5 nitrogen and oxygen atoms in total. The minimum Gasteiger partial charge on any atom is -0.480 e. The molecule has 0 fully saturated rings. The second-order valence-electron chi connectivity index (χ2n) is 7.45. The highest BCUT2D eigenvalue weighted by Gasteiger charge is 2.40. The smallest absolute Gasteiger partial charge is 0.432 e. The second kappa shape index (κ2) is 9.07. The molecule has 3 aromatic heterocycles. The molecular formula is C24H13ClF5N3O2S. The summed E-state index contributed by atoms with van der Waals surface area (Å²) in [4.78, 5) is 4.26. The Morgan fingerprint density at radius 1 is 1.06 bits per heavy atom. The number of halogens is 6. The quantitative estimate of drug-likeness (QED) is 0.214.